The van der Waals surface area contributed by atoms with Gasteiger partial charge in [-0.2, -0.15) is 0 Å². The van der Waals surface area contributed by atoms with Gasteiger partial charge in [0.15, 0.2) is 7.14 Å². The van der Waals surface area contributed by atoms with Gasteiger partial charge in [-0.15, -0.1) is 11.3 Å². The molecule has 1 atom stereocenters. The molecule has 7 rings (SSSR count). The lowest BCUT2D eigenvalue weighted by atomic mass is 9.97. The Labute approximate surface area is 184 Å². The lowest BCUT2D eigenvalue weighted by Crippen LogP contribution is -2.20. The van der Waals surface area contributed by atoms with Crippen molar-refractivity contribution in [3.63, 3.8) is 0 Å². The molecule has 0 radical (unpaired) electrons. The Hall–Kier alpha value is -3.19. The van der Waals surface area contributed by atoms with Gasteiger partial charge in [-0.1, -0.05) is 78.9 Å². The third kappa shape index (κ3) is 2.24. The molecule has 1 aliphatic heterocycles. The van der Waals surface area contributed by atoms with Crippen LogP contribution in [0.3, 0.4) is 0 Å². The minimum atomic E-state index is -2.96. The molecule has 1 nitrogen and oxygen atoms in total. The Bertz CT molecular complexity index is 1710. The second kappa shape index (κ2) is 6.17. The minimum Gasteiger partial charge on any atom is -0.309 e. The van der Waals surface area contributed by atoms with Gasteiger partial charge in [0.1, 0.15) is 0 Å². The van der Waals surface area contributed by atoms with Crippen LogP contribution in [-0.2, 0) is 4.57 Å². The Balaban J connectivity index is 1.69. The van der Waals surface area contributed by atoms with Crippen molar-refractivity contribution in [1.82, 2.24) is 0 Å². The summed E-state index contributed by atoms with van der Waals surface area (Å²) in [5.41, 5.74) is 2.26. The van der Waals surface area contributed by atoms with Crippen LogP contribution in [0.1, 0.15) is 0 Å². The maximum atomic E-state index is 15.0. The molecule has 6 aromatic rings. The molecule has 1 aromatic heterocycles. The fourth-order valence-corrected chi connectivity index (χ4v) is 9.27. The highest BCUT2D eigenvalue weighted by molar-refractivity contribution is 7.86. The second-order valence-corrected chi connectivity index (χ2v) is 11.9. The summed E-state index contributed by atoms with van der Waals surface area (Å²) in [5.74, 6) is 0. The zero-order valence-corrected chi connectivity index (χ0v) is 18.3. The highest BCUT2D eigenvalue weighted by atomic mass is 32.1. The lowest BCUT2D eigenvalue weighted by Gasteiger charge is -2.16. The summed E-state index contributed by atoms with van der Waals surface area (Å²) in [4.78, 5) is 0. The fraction of sp³-hybridized carbons (Fsp3) is 0. The first-order chi connectivity index (χ1) is 15.2. The van der Waals surface area contributed by atoms with E-state index < -0.39 is 7.14 Å². The molecule has 0 spiro atoms. The molecule has 0 aliphatic carbocycles. The van der Waals surface area contributed by atoms with Crippen molar-refractivity contribution in [2.45, 2.75) is 0 Å². The van der Waals surface area contributed by atoms with Crippen LogP contribution in [-0.4, -0.2) is 0 Å². The standard InChI is InChI=1S/C28H17OPS/c29-30(19-9-2-1-3-10-19)24-15-14-18-8-4-5-11-20(18)28(24)23-17-27-22(16-25(23)30)21-12-6-7-13-26(21)31-27/h1-17H. The number of benzene rings is 5. The van der Waals surface area contributed by atoms with Crippen molar-refractivity contribution in [2.24, 2.45) is 0 Å². The van der Waals surface area contributed by atoms with Crippen molar-refractivity contribution < 1.29 is 4.57 Å². The maximum absolute atomic E-state index is 15.0. The molecular formula is C28H17OPS. The van der Waals surface area contributed by atoms with E-state index in [4.69, 9.17) is 0 Å². The maximum Gasteiger partial charge on any atom is 0.172 e. The van der Waals surface area contributed by atoms with Crippen LogP contribution >= 0.6 is 18.5 Å². The Morgan fingerprint density at radius 2 is 1.32 bits per heavy atom. The molecule has 3 heteroatoms. The molecular weight excluding hydrogens is 415 g/mol. The van der Waals surface area contributed by atoms with Gasteiger partial charge in [0.25, 0.3) is 0 Å². The second-order valence-electron chi connectivity index (χ2n) is 8.09. The van der Waals surface area contributed by atoms with Gasteiger partial charge >= 0.3 is 0 Å². The monoisotopic (exact) mass is 432 g/mol. The van der Waals surface area contributed by atoms with Gasteiger partial charge in [-0.05, 0) is 40.6 Å². The van der Waals surface area contributed by atoms with Crippen LogP contribution < -0.4 is 15.9 Å². The van der Waals surface area contributed by atoms with Crippen LogP contribution in [0.25, 0.3) is 42.1 Å². The highest BCUT2D eigenvalue weighted by Gasteiger charge is 2.41. The van der Waals surface area contributed by atoms with Crippen molar-refractivity contribution in [3.05, 3.63) is 103 Å². The van der Waals surface area contributed by atoms with E-state index in [-0.39, 0.29) is 0 Å². The van der Waals surface area contributed by atoms with Gasteiger partial charge in [-0.25, -0.2) is 0 Å². The third-order valence-corrected chi connectivity index (χ3v) is 10.7. The summed E-state index contributed by atoms with van der Waals surface area (Å²) in [6, 6.07) is 35.7. The fourth-order valence-electron chi connectivity index (χ4n) is 5.07. The zero-order valence-electron chi connectivity index (χ0n) is 16.6. The summed E-state index contributed by atoms with van der Waals surface area (Å²) in [7, 11) is -2.96. The van der Waals surface area contributed by atoms with Gasteiger partial charge < -0.3 is 4.57 Å². The van der Waals surface area contributed by atoms with Crippen molar-refractivity contribution in [1.29, 1.82) is 0 Å². The summed E-state index contributed by atoms with van der Waals surface area (Å²) in [6.07, 6.45) is 0. The van der Waals surface area contributed by atoms with Gasteiger partial charge in [-0.3, -0.25) is 0 Å². The van der Waals surface area contributed by atoms with Crippen LogP contribution in [0.4, 0.5) is 0 Å². The number of thiophene rings is 1. The first kappa shape index (κ1) is 17.5. The zero-order chi connectivity index (χ0) is 20.6. The average molecular weight is 432 g/mol. The molecule has 0 N–H and O–H groups in total. The number of fused-ring (bicyclic) bond motifs is 8. The van der Waals surface area contributed by atoms with E-state index in [9.17, 15) is 0 Å². The Morgan fingerprint density at radius 3 is 2.19 bits per heavy atom. The molecule has 0 fully saturated rings. The summed E-state index contributed by atoms with van der Waals surface area (Å²) in [5, 5.41) is 7.65. The predicted molar refractivity (Wildman–Crippen MR) is 135 cm³/mol. The smallest absolute Gasteiger partial charge is 0.172 e. The first-order valence-electron chi connectivity index (χ1n) is 10.4. The molecule has 1 unspecified atom stereocenters. The molecule has 5 aromatic carbocycles. The third-order valence-electron chi connectivity index (χ3n) is 6.47. The van der Waals surface area contributed by atoms with E-state index >= 15 is 4.57 Å². The van der Waals surface area contributed by atoms with E-state index in [0.29, 0.717) is 0 Å². The molecule has 146 valence electrons. The predicted octanol–water partition coefficient (Wildman–Crippen LogP) is 6.83. The van der Waals surface area contributed by atoms with E-state index in [1.165, 1.54) is 30.9 Å². The summed E-state index contributed by atoms with van der Waals surface area (Å²) in [6.45, 7) is 0. The number of rotatable bonds is 1. The lowest BCUT2D eigenvalue weighted by molar-refractivity contribution is 0.593. The molecule has 2 heterocycles. The minimum absolute atomic E-state index is 0.907. The van der Waals surface area contributed by atoms with Gasteiger partial charge in [0, 0.05) is 41.6 Å². The summed E-state index contributed by atoms with van der Waals surface area (Å²) >= 11 is 1.81. The first-order valence-corrected chi connectivity index (χ1v) is 12.9. The molecule has 0 saturated heterocycles. The van der Waals surface area contributed by atoms with Crippen LogP contribution in [0, 0.1) is 0 Å². The number of hydrogen-bond acceptors (Lipinski definition) is 2. The summed E-state index contributed by atoms with van der Waals surface area (Å²) < 4.78 is 17.5. The molecule has 31 heavy (non-hydrogen) atoms. The molecule has 0 saturated carbocycles. The van der Waals surface area contributed by atoms with Crippen LogP contribution in [0.15, 0.2) is 103 Å². The van der Waals surface area contributed by atoms with Crippen molar-refractivity contribution in [2.75, 3.05) is 0 Å². The van der Waals surface area contributed by atoms with Crippen LogP contribution in [0.5, 0.6) is 0 Å². The highest BCUT2D eigenvalue weighted by Crippen LogP contribution is 2.55. The van der Waals surface area contributed by atoms with E-state index in [1.54, 1.807) is 0 Å². The van der Waals surface area contributed by atoms with E-state index in [1.807, 2.05) is 41.7 Å². The Morgan fingerprint density at radius 1 is 0.581 bits per heavy atom. The van der Waals surface area contributed by atoms with Gasteiger partial charge in [0.05, 0.1) is 0 Å². The van der Waals surface area contributed by atoms with E-state index in [0.717, 1.165) is 27.0 Å². The number of hydrogen-bond donors (Lipinski definition) is 0. The molecule has 1 aliphatic rings. The van der Waals surface area contributed by atoms with Crippen LogP contribution in [0.2, 0.25) is 0 Å². The quantitative estimate of drug-likeness (QED) is 0.260. The normalized spacial score (nSPS) is 17.3. The Kier molecular flexibility index (Phi) is 3.48. The van der Waals surface area contributed by atoms with Crippen molar-refractivity contribution in [3.8, 4) is 11.1 Å². The molecule has 0 bridgehead atoms. The topological polar surface area (TPSA) is 17.1 Å². The van der Waals surface area contributed by atoms with Crippen molar-refractivity contribution >= 4 is 65.3 Å². The largest absolute Gasteiger partial charge is 0.309 e. The SMILES string of the molecule is O=P1(c2ccccc2)c2cc3c(cc2-c2c1ccc1ccccc21)sc1ccccc13. The average Bonchev–Trinajstić information content (AvgIpc) is 3.32. The molecule has 0 amide bonds. The van der Waals surface area contributed by atoms with E-state index in [2.05, 4.69) is 72.8 Å². The van der Waals surface area contributed by atoms with Gasteiger partial charge in [0.2, 0.25) is 0 Å².